The van der Waals surface area contributed by atoms with Gasteiger partial charge in [0.1, 0.15) is 17.4 Å². The number of nitro benzene ring substituents is 1. The maximum absolute atomic E-state index is 12.9. The molecule has 0 aliphatic rings. The second kappa shape index (κ2) is 10.00. The van der Waals surface area contributed by atoms with Crippen LogP contribution in [0.2, 0.25) is 0 Å². The molecule has 3 rings (SSSR count). The first-order valence-electron chi connectivity index (χ1n) is 9.65. The molecule has 0 saturated carbocycles. The number of nitrogens with zero attached hydrogens (tertiary/aromatic N) is 2. The smallest absolute Gasteiger partial charge is 0.344 e. The van der Waals surface area contributed by atoms with Crippen LogP contribution in [0, 0.1) is 21.4 Å². The number of nitriles is 1. The fourth-order valence-electron chi connectivity index (χ4n) is 3.10. The molecule has 3 aromatic rings. The lowest BCUT2D eigenvalue weighted by Gasteiger charge is -2.12. The molecule has 0 atom stereocenters. The molecule has 0 aliphatic carbocycles. The van der Waals surface area contributed by atoms with Gasteiger partial charge in [0.2, 0.25) is 5.78 Å². The second-order valence-corrected chi connectivity index (χ2v) is 6.60. The quantitative estimate of drug-likeness (QED) is 0.129. The van der Waals surface area contributed by atoms with Crippen LogP contribution in [-0.4, -0.2) is 29.9 Å². The Morgan fingerprint density at radius 3 is 2.62 bits per heavy atom. The molecule has 0 aromatic heterocycles. The molecule has 0 radical (unpaired) electrons. The van der Waals surface area contributed by atoms with E-state index in [-0.39, 0.29) is 35.8 Å². The van der Waals surface area contributed by atoms with E-state index in [1.165, 1.54) is 24.3 Å². The van der Waals surface area contributed by atoms with Crippen molar-refractivity contribution in [2.24, 2.45) is 0 Å². The summed E-state index contributed by atoms with van der Waals surface area (Å²) in [6, 6.07) is 17.8. The summed E-state index contributed by atoms with van der Waals surface area (Å²) in [6.45, 7) is 1.55. The molecule has 0 fully saturated rings. The van der Waals surface area contributed by atoms with Crippen LogP contribution in [0.15, 0.2) is 66.2 Å². The van der Waals surface area contributed by atoms with Crippen LogP contribution in [0.5, 0.6) is 5.75 Å². The zero-order valence-electron chi connectivity index (χ0n) is 17.1. The SMILES string of the molecule is CCOC(=O)COc1ccc2ccccc2c1C=C(C#N)C(=O)c1cccc([N+](=O)[O-])c1. The molecule has 8 heteroatoms. The first-order chi connectivity index (χ1) is 15.4. The Hall–Kier alpha value is -4.51. The zero-order valence-corrected chi connectivity index (χ0v) is 17.1. The highest BCUT2D eigenvalue weighted by Crippen LogP contribution is 2.31. The van der Waals surface area contributed by atoms with Gasteiger partial charge in [0, 0.05) is 23.3 Å². The summed E-state index contributed by atoms with van der Waals surface area (Å²) in [7, 11) is 0. The van der Waals surface area contributed by atoms with Crippen molar-refractivity contribution in [1.82, 2.24) is 0 Å². The normalized spacial score (nSPS) is 10.9. The number of benzene rings is 3. The number of ketones is 1. The lowest BCUT2D eigenvalue weighted by atomic mass is 9.97. The van der Waals surface area contributed by atoms with Crippen molar-refractivity contribution in [1.29, 1.82) is 5.26 Å². The van der Waals surface area contributed by atoms with Crippen LogP contribution in [0.3, 0.4) is 0 Å². The minimum atomic E-state index is -0.666. The molecule has 3 aromatic carbocycles. The summed E-state index contributed by atoms with van der Waals surface area (Å²) < 4.78 is 10.5. The van der Waals surface area contributed by atoms with Gasteiger partial charge in [0.25, 0.3) is 5.69 Å². The number of fused-ring (bicyclic) bond motifs is 1. The monoisotopic (exact) mass is 430 g/mol. The number of hydrogen-bond acceptors (Lipinski definition) is 7. The fourth-order valence-corrected chi connectivity index (χ4v) is 3.10. The standard InChI is InChI=1S/C24H18N2O6/c1-2-31-23(27)15-32-22-11-10-16-6-3-4-9-20(16)21(22)13-18(14-25)24(28)17-7-5-8-19(12-17)26(29)30/h3-13H,2,15H2,1H3. The van der Waals surface area contributed by atoms with Gasteiger partial charge in [-0.15, -0.1) is 0 Å². The molecule has 160 valence electrons. The molecule has 0 heterocycles. The van der Waals surface area contributed by atoms with Gasteiger partial charge in [-0.3, -0.25) is 14.9 Å². The number of rotatable bonds is 8. The summed E-state index contributed by atoms with van der Waals surface area (Å²) in [4.78, 5) is 35.1. The molecule has 0 unspecified atom stereocenters. The molecule has 0 spiro atoms. The molecular formula is C24H18N2O6. The second-order valence-electron chi connectivity index (χ2n) is 6.60. The van der Waals surface area contributed by atoms with Gasteiger partial charge >= 0.3 is 5.97 Å². The van der Waals surface area contributed by atoms with Crippen molar-refractivity contribution < 1.29 is 24.0 Å². The van der Waals surface area contributed by atoms with Crippen LogP contribution < -0.4 is 4.74 Å². The van der Waals surface area contributed by atoms with Crippen molar-refractivity contribution in [3.63, 3.8) is 0 Å². The number of esters is 1. The maximum atomic E-state index is 12.9. The third kappa shape index (κ3) is 4.96. The fraction of sp³-hybridized carbons (Fsp3) is 0.125. The Bertz CT molecular complexity index is 1270. The number of Topliss-reactive ketones (excluding diaryl/α,β-unsaturated/α-hetero) is 1. The van der Waals surface area contributed by atoms with E-state index in [0.29, 0.717) is 10.9 Å². The van der Waals surface area contributed by atoms with Crippen LogP contribution >= 0.6 is 0 Å². The largest absolute Gasteiger partial charge is 0.481 e. The molecule has 8 nitrogen and oxygen atoms in total. The summed E-state index contributed by atoms with van der Waals surface area (Å²) in [5.74, 6) is -0.930. The van der Waals surface area contributed by atoms with Crippen LogP contribution in [0.1, 0.15) is 22.8 Å². The van der Waals surface area contributed by atoms with E-state index in [2.05, 4.69) is 0 Å². The zero-order chi connectivity index (χ0) is 23.1. The van der Waals surface area contributed by atoms with Gasteiger partial charge in [-0.25, -0.2) is 4.79 Å². The summed E-state index contributed by atoms with van der Waals surface area (Å²) >= 11 is 0. The van der Waals surface area contributed by atoms with Crippen molar-refractivity contribution in [2.45, 2.75) is 6.92 Å². The number of nitro groups is 1. The predicted molar refractivity (Wildman–Crippen MR) is 117 cm³/mol. The molecule has 0 amide bonds. The highest BCUT2D eigenvalue weighted by atomic mass is 16.6. The van der Waals surface area contributed by atoms with E-state index in [9.17, 15) is 25.0 Å². The molecule has 0 saturated heterocycles. The van der Waals surface area contributed by atoms with Crippen molar-refractivity contribution >= 4 is 34.3 Å². The summed E-state index contributed by atoms with van der Waals surface area (Å²) in [6.07, 6.45) is 1.37. The highest BCUT2D eigenvalue weighted by molar-refractivity contribution is 6.15. The van der Waals surface area contributed by atoms with E-state index in [4.69, 9.17) is 9.47 Å². The van der Waals surface area contributed by atoms with Crippen LogP contribution in [-0.2, 0) is 9.53 Å². The minimum absolute atomic E-state index is 0.0150. The number of allylic oxidation sites excluding steroid dienone is 1. The molecule has 0 aliphatic heterocycles. The van der Waals surface area contributed by atoms with Gasteiger partial charge < -0.3 is 9.47 Å². The first-order valence-corrected chi connectivity index (χ1v) is 9.65. The number of carbonyl (C=O) groups is 2. The highest BCUT2D eigenvalue weighted by Gasteiger charge is 2.18. The predicted octanol–water partition coefficient (Wildman–Crippen LogP) is 4.48. The van der Waals surface area contributed by atoms with Gasteiger partial charge in [-0.2, -0.15) is 5.26 Å². The molecule has 0 bridgehead atoms. The van der Waals surface area contributed by atoms with E-state index in [1.54, 1.807) is 31.2 Å². The summed E-state index contributed by atoms with van der Waals surface area (Å²) in [5, 5.41) is 22.2. The van der Waals surface area contributed by atoms with Gasteiger partial charge in [0.15, 0.2) is 6.61 Å². The Balaban J connectivity index is 2.07. The van der Waals surface area contributed by atoms with Gasteiger partial charge in [-0.1, -0.05) is 42.5 Å². The average molecular weight is 430 g/mol. The minimum Gasteiger partial charge on any atom is -0.481 e. The van der Waals surface area contributed by atoms with Crippen molar-refractivity contribution in [2.75, 3.05) is 13.2 Å². The third-order valence-electron chi connectivity index (χ3n) is 4.55. The molecule has 0 N–H and O–H groups in total. The van der Waals surface area contributed by atoms with Crippen molar-refractivity contribution in [3.05, 3.63) is 87.5 Å². The maximum Gasteiger partial charge on any atom is 0.344 e. The number of non-ortho nitro benzene ring substituents is 1. The van der Waals surface area contributed by atoms with Gasteiger partial charge in [-0.05, 0) is 29.8 Å². The first kappa shape index (κ1) is 22.2. The van der Waals surface area contributed by atoms with E-state index < -0.39 is 16.7 Å². The van der Waals surface area contributed by atoms with Crippen LogP contribution in [0.4, 0.5) is 5.69 Å². The molecule has 32 heavy (non-hydrogen) atoms. The van der Waals surface area contributed by atoms with Crippen molar-refractivity contribution in [3.8, 4) is 11.8 Å². The van der Waals surface area contributed by atoms with E-state index >= 15 is 0 Å². The van der Waals surface area contributed by atoms with E-state index in [1.807, 2.05) is 18.2 Å². The third-order valence-corrected chi connectivity index (χ3v) is 4.55. The van der Waals surface area contributed by atoms with E-state index in [0.717, 1.165) is 11.5 Å². The lowest BCUT2D eigenvalue weighted by molar-refractivity contribution is -0.384. The number of carbonyl (C=O) groups excluding carboxylic acids is 2. The Morgan fingerprint density at radius 2 is 1.91 bits per heavy atom. The topological polar surface area (TPSA) is 120 Å². The lowest BCUT2D eigenvalue weighted by Crippen LogP contribution is -2.15. The Labute approximate surface area is 183 Å². The summed E-state index contributed by atoms with van der Waals surface area (Å²) in [5.41, 5.74) is -0.0384. The average Bonchev–Trinajstić information content (AvgIpc) is 2.81. The van der Waals surface area contributed by atoms with Crippen LogP contribution in [0.25, 0.3) is 16.8 Å². The number of hydrogen-bond donors (Lipinski definition) is 0. The molecular weight excluding hydrogens is 412 g/mol. The number of ether oxygens (including phenoxy) is 2. The van der Waals surface area contributed by atoms with Gasteiger partial charge in [0.05, 0.1) is 11.5 Å². The Kier molecular flexibility index (Phi) is 6.93. The Morgan fingerprint density at radius 1 is 1.12 bits per heavy atom.